The van der Waals surface area contributed by atoms with Gasteiger partial charge in [0.2, 0.25) is 10.0 Å². The summed E-state index contributed by atoms with van der Waals surface area (Å²) in [5.41, 5.74) is 5.18. The molecule has 1 heterocycles. The number of anilines is 1. The van der Waals surface area contributed by atoms with E-state index in [0.717, 1.165) is 0 Å². The number of hydrogen-bond acceptors (Lipinski definition) is 4. The molecule has 1 fully saturated rings. The smallest absolute Gasteiger partial charge is 0.243 e. The zero-order chi connectivity index (χ0) is 13.6. The van der Waals surface area contributed by atoms with Gasteiger partial charge in [0.05, 0.1) is 10.5 Å². The Balaban J connectivity index is 2.34. The molecule has 1 saturated heterocycles. The average Bonchev–Trinajstić information content (AvgIpc) is 2.63. The Bertz CT molecular complexity index is 572. The molecule has 1 aliphatic heterocycles. The Morgan fingerprint density at radius 3 is 2.67 bits per heavy atom. The van der Waals surface area contributed by atoms with Gasteiger partial charge in [0.15, 0.2) is 0 Å². The van der Waals surface area contributed by atoms with Crippen molar-refractivity contribution < 1.29 is 13.5 Å². The molecule has 18 heavy (non-hydrogen) atoms. The number of aliphatic hydroxyl groups is 1. The van der Waals surface area contributed by atoms with Crippen molar-refractivity contribution in [3.63, 3.8) is 0 Å². The molecule has 1 atom stereocenters. The van der Waals surface area contributed by atoms with E-state index >= 15 is 0 Å². The van der Waals surface area contributed by atoms with Crippen LogP contribution in [0.3, 0.4) is 0 Å². The summed E-state index contributed by atoms with van der Waals surface area (Å²) in [4.78, 5) is 0.182. The highest BCUT2D eigenvalue weighted by molar-refractivity contribution is 9.10. The maximum atomic E-state index is 12.3. The van der Waals surface area contributed by atoms with E-state index in [1.165, 1.54) is 16.4 Å². The van der Waals surface area contributed by atoms with E-state index in [2.05, 4.69) is 15.9 Å². The van der Waals surface area contributed by atoms with Gasteiger partial charge in [-0.05, 0) is 47.5 Å². The highest BCUT2D eigenvalue weighted by Gasteiger charge is 2.38. The average molecular weight is 335 g/mol. The Labute approximate surface area is 115 Å². The minimum atomic E-state index is -3.56. The molecule has 0 aliphatic carbocycles. The normalized spacial score (nSPS) is 25.5. The molecule has 0 bridgehead atoms. The Morgan fingerprint density at radius 2 is 2.17 bits per heavy atom. The van der Waals surface area contributed by atoms with E-state index in [-0.39, 0.29) is 11.4 Å². The van der Waals surface area contributed by atoms with E-state index < -0.39 is 15.6 Å². The van der Waals surface area contributed by atoms with Crippen LogP contribution < -0.4 is 5.73 Å². The van der Waals surface area contributed by atoms with Crippen molar-refractivity contribution in [2.45, 2.75) is 23.8 Å². The van der Waals surface area contributed by atoms with Crippen molar-refractivity contribution in [1.29, 1.82) is 0 Å². The van der Waals surface area contributed by atoms with Gasteiger partial charge in [-0.25, -0.2) is 8.42 Å². The first kappa shape index (κ1) is 13.8. The number of β-amino-alcohol motifs (C(OH)–C–C–N with tert-alkyl or cyclic N) is 1. The molecule has 0 saturated carbocycles. The van der Waals surface area contributed by atoms with Gasteiger partial charge in [-0.15, -0.1) is 0 Å². The highest BCUT2D eigenvalue weighted by atomic mass is 79.9. The number of halogens is 1. The number of nitrogens with two attached hydrogens (primary N) is 1. The molecule has 0 spiro atoms. The topological polar surface area (TPSA) is 83.6 Å². The summed E-state index contributed by atoms with van der Waals surface area (Å²) in [6.45, 7) is 2.09. The Hall–Kier alpha value is -0.630. The van der Waals surface area contributed by atoms with Crippen LogP contribution in [0.5, 0.6) is 0 Å². The molecule has 0 amide bonds. The lowest BCUT2D eigenvalue weighted by atomic mass is 10.1. The van der Waals surface area contributed by atoms with Crippen LogP contribution in [0.1, 0.15) is 13.3 Å². The minimum Gasteiger partial charge on any atom is -0.398 e. The molecule has 0 radical (unpaired) electrons. The predicted molar refractivity (Wildman–Crippen MR) is 72.6 cm³/mol. The number of benzene rings is 1. The molecule has 3 N–H and O–H groups in total. The maximum Gasteiger partial charge on any atom is 0.243 e. The number of sulfonamides is 1. The SMILES string of the molecule is CC1(O)CCN(S(=O)(=O)c2ccc(N)c(Br)c2)C1. The van der Waals surface area contributed by atoms with Crippen LogP contribution in [0.2, 0.25) is 0 Å². The summed E-state index contributed by atoms with van der Waals surface area (Å²) in [6.07, 6.45) is 0.447. The van der Waals surface area contributed by atoms with Gasteiger partial charge in [0, 0.05) is 23.2 Å². The molecule has 7 heteroatoms. The van der Waals surface area contributed by atoms with Crippen LogP contribution in [-0.2, 0) is 10.0 Å². The predicted octanol–water partition coefficient (Wildman–Crippen LogP) is 1.18. The van der Waals surface area contributed by atoms with Gasteiger partial charge in [-0.2, -0.15) is 4.31 Å². The molecular formula is C11H15BrN2O3S. The molecule has 5 nitrogen and oxygen atoms in total. The fourth-order valence-corrected chi connectivity index (χ4v) is 4.04. The zero-order valence-corrected chi connectivity index (χ0v) is 12.3. The summed E-state index contributed by atoms with van der Waals surface area (Å²) in [7, 11) is -3.56. The summed E-state index contributed by atoms with van der Waals surface area (Å²) >= 11 is 3.21. The van der Waals surface area contributed by atoms with Crippen LogP contribution in [0, 0.1) is 0 Å². The van der Waals surface area contributed by atoms with Gasteiger partial charge in [0.25, 0.3) is 0 Å². The zero-order valence-electron chi connectivity index (χ0n) is 9.93. The van der Waals surface area contributed by atoms with Gasteiger partial charge in [0.1, 0.15) is 0 Å². The van der Waals surface area contributed by atoms with Crippen molar-refractivity contribution in [1.82, 2.24) is 4.31 Å². The van der Waals surface area contributed by atoms with E-state index in [9.17, 15) is 13.5 Å². The number of nitrogens with zero attached hydrogens (tertiary/aromatic N) is 1. The summed E-state index contributed by atoms with van der Waals surface area (Å²) in [6, 6.07) is 4.51. The number of hydrogen-bond donors (Lipinski definition) is 2. The quantitative estimate of drug-likeness (QED) is 0.795. The molecule has 1 unspecified atom stereocenters. The molecule has 2 rings (SSSR count). The lowest BCUT2D eigenvalue weighted by molar-refractivity contribution is 0.0762. The largest absolute Gasteiger partial charge is 0.398 e. The second-order valence-electron chi connectivity index (χ2n) is 4.77. The molecular weight excluding hydrogens is 320 g/mol. The molecule has 1 aromatic rings. The summed E-state index contributed by atoms with van der Waals surface area (Å²) < 4.78 is 26.5. The Morgan fingerprint density at radius 1 is 1.50 bits per heavy atom. The second kappa shape index (κ2) is 4.48. The summed E-state index contributed by atoms with van der Waals surface area (Å²) in [5, 5.41) is 9.84. The second-order valence-corrected chi connectivity index (χ2v) is 7.56. The van der Waals surface area contributed by atoms with Crippen molar-refractivity contribution in [2.24, 2.45) is 0 Å². The highest BCUT2D eigenvalue weighted by Crippen LogP contribution is 2.29. The van der Waals surface area contributed by atoms with Crippen molar-refractivity contribution >= 4 is 31.6 Å². The fraction of sp³-hybridized carbons (Fsp3) is 0.455. The van der Waals surface area contributed by atoms with Crippen LogP contribution in [0.15, 0.2) is 27.6 Å². The third-order valence-electron chi connectivity index (χ3n) is 3.03. The van der Waals surface area contributed by atoms with E-state index in [1.54, 1.807) is 13.0 Å². The van der Waals surface area contributed by atoms with Crippen LogP contribution >= 0.6 is 15.9 Å². The first-order valence-electron chi connectivity index (χ1n) is 5.50. The van der Waals surface area contributed by atoms with E-state index in [0.29, 0.717) is 23.1 Å². The third-order valence-corrected chi connectivity index (χ3v) is 5.55. The first-order valence-corrected chi connectivity index (χ1v) is 7.73. The molecule has 100 valence electrons. The molecule has 0 aromatic heterocycles. The standard InChI is InChI=1S/C11H15BrN2O3S/c1-11(15)4-5-14(7-11)18(16,17)8-2-3-10(13)9(12)6-8/h2-3,6,15H,4-5,7,13H2,1H3. The van der Waals surface area contributed by atoms with Gasteiger partial charge in [-0.3, -0.25) is 0 Å². The van der Waals surface area contributed by atoms with Gasteiger partial charge >= 0.3 is 0 Å². The lowest BCUT2D eigenvalue weighted by Crippen LogP contribution is -2.33. The van der Waals surface area contributed by atoms with E-state index in [1.807, 2.05) is 0 Å². The van der Waals surface area contributed by atoms with Gasteiger partial charge < -0.3 is 10.8 Å². The Kier molecular flexibility index (Phi) is 3.44. The van der Waals surface area contributed by atoms with Crippen LogP contribution in [0.25, 0.3) is 0 Å². The maximum absolute atomic E-state index is 12.3. The van der Waals surface area contributed by atoms with Crippen LogP contribution in [0.4, 0.5) is 5.69 Å². The third kappa shape index (κ3) is 2.54. The molecule has 1 aliphatic rings. The fourth-order valence-electron chi connectivity index (χ4n) is 1.93. The van der Waals surface area contributed by atoms with E-state index in [4.69, 9.17) is 5.73 Å². The van der Waals surface area contributed by atoms with Crippen LogP contribution in [-0.4, -0.2) is 36.5 Å². The monoisotopic (exact) mass is 334 g/mol. The minimum absolute atomic E-state index is 0.122. The van der Waals surface area contributed by atoms with Crippen molar-refractivity contribution in [3.8, 4) is 0 Å². The van der Waals surface area contributed by atoms with Gasteiger partial charge in [-0.1, -0.05) is 0 Å². The molecule has 1 aromatic carbocycles. The first-order chi connectivity index (χ1) is 8.22. The van der Waals surface area contributed by atoms with Crippen molar-refractivity contribution in [3.05, 3.63) is 22.7 Å². The lowest BCUT2D eigenvalue weighted by Gasteiger charge is -2.19. The van der Waals surface area contributed by atoms with Crippen molar-refractivity contribution in [2.75, 3.05) is 18.8 Å². The number of rotatable bonds is 2. The summed E-state index contributed by atoms with van der Waals surface area (Å²) in [5.74, 6) is 0. The number of nitrogen functional groups attached to an aromatic ring is 1.